The number of phenolic OH excluding ortho intramolecular Hbond substituents is 1. The number of carboxylic acid groups (broad SMARTS) is 1. The lowest BCUT2D eigenvalue weighted by Crippen LogP contribution is -2.02. The zero-order valence-corrected chi connectivity index (χ0v) is 10.2. The van der Waals surface area contributed by atoms with Gasteiger partial charge in [0, 0.05) is 11.6 Å². The summed E-state index contributed by atoms with van der Waals surface area (Å²) in [5, 5.41) is 18.8. The summed E-state index contributed by atoms with van der Waals surface area (Å²) in [4.78, 5) is 18.5. The Balaban J connectivity index is 2.41. The first-order chi connectivity index (χ1) is 9.11. The first-order valence-electron chi connectivity index (χ1n) is 5.63. The molecular formula is C13H12N2O4. The Labute approximate surface area is 109 Å². The van der Waals surface area contributed by atoms with Crippen molar-refractivity contribution in [2.45, 2.75) is 6.92 Å². The Bertz CT molecular complexity index is 613. The summed E-state index contributed by atoms with van der Waals surface area (Å²) in [6, 6.07) is 4.73. The van der Waals surface area contributed by atoms with Gasteiger partial charge < -0.3 is 14.9 Å². The molecule has 6 nitrogen and oxygen atoms in total. The van der Waals surface area contributed by atoms with Gasteiger partial charge in [-0.15, -0.1) is 0 Å². The largest absolute Gasteiger partial charge is 0.507 e. The van der Waals surface area contributed by atoms with Crippen molar-refractivity contribution in [2.75, 3.05) is 6.61 Å². The summed E-state index contributed by atoms with van der Waals surface area (Å²) >= 11 is 0. The molecule has 19 heavy (non-hydrogen) atoms. The number of hydrogen-bond donors (Lipinski definition) is 2. The molecule has 2 aromatic rings. The lowest BCUT2D eigenvalue weighted by atomic mass is 10.1. The summed E-state index contributed by atoms with van der Waals surface area (Å²) in [5.74, 6) is -0.673. The molecule has 6 heteroatoms. The second-order valence-corrected chi connectivity index (χ2v) is 3.71. The third-order valence-corrected chi connectivity index (χ3v) is 2.41. The fourth-order valence-corrected chi connectivity index (χ4v) is 1.58. The third-order valence-electron chi connectivity index (χ3n) is 2.41. The molecule has 0 aliphatic rings. The molecule has 0 saturated carbocycles. The maximum absolute atomic E-state index is 10.8. The summed E-state index contributed by atoms with van der Waals surface area (Å²) in [6.45, 7) is 2.33. The highest BCUT2D eigenvalue weighted by Crippen LogP contribution is 2.31. The van der Waals surface area contributed by atoms with Crippen molar-refractivity contribution in [1.82, 2.24) is 9.97 Å². The van der Waals surface area contributed by atoms with E-state index in [1.165, 1.54) is 12.3 Å². The van der Waals surface area contributed by atoms with Crippen LogP contribution in [-0.4, -0.2) is 32.8 Å². The molecule has 0 saturated heterocycles. The number of aromatic nitrogens is 2. The maximum Gasteiger partial charge on any atom is 0.356 e. The molecule has 0 fully saturated rings. The second-order valence-electron chi connectivity index (χ2n) is 3.71. The smallest absolute Gasteiger partial charge is 0.356 e. The zero-order valence-electron chi connectivity index (χ0n) is 10.2. The molecule has 0 unspecified atom stereocenters. The maximum atomic E-state index is 10.8. The predicted octanol–water partition coefficient (Wildman–Crippen LogP) is 1.95. The van der Waals surface area contributed by atoms with E-state index in [9.17, 15) is 9.90 Å². The Morgan fingerprint density at radius 3 is 2.79 bits per heavy atom. The second kappa shape index (κ2) is 5.34. The van der Waals surface area contributed by atoms with Gasteiger partial charge in [-0.1, -0.05) is 0 Å². The molecule has 2 N–H and O–H groups in total. The van der Waals surface area contributed by atoms with Crippen LogP contribution in [0.5, 0.6) is 11.5 Å². The first-order valence-corrected chi connectivity index (χ1v) is 5.63. The standard InChI is InChI=1S/C13H12N2O4/c1-2-19-8-3-4-9(12(16)5-8)10-6-14-7-11(15-10)13(17)18/h3-7,16H,2H2,1H3,(H,17,18). The van der Waals surface area contributed by atoms with Crippen LogP contribution in [0.3, 0.4) is 0 Å². The molecule has 2 rings (SSSR count). The molecule has 0 bridgehead atoms. The molecule has 1 aromatic heterocycles. The molecule has 1 heterocycles. The molecule has 0 aliphatic carbocycles. The predicted molar refractivity (Wildman–Crippen MR) is 67.3 cm³/mol. The van der Waals surface area contributed by atoms with Crippen molar-refractivity contribution in [1.29, 1.82) is 0 Å². The molecule has 0 aliphatic heterocycles. The minimum Gasteiger partial charge on any atom is -0.507 e. The summed E-state index contributed by atoms with van der Waals surface area (Å²) in [5.41, 5.74) is 0.519. The number of rotatable bonds is 4. The molecule has 0 atom stereocenters. The summed E-state index contributed by atoms with van der Waals surface area (Å²) in [7, 11) is 0. The van der Waals surface area contributed by atoms with Gasteiger partial charge in [-0.2, -0.15) is 0 Å². The zero-order chi connectivity index (χ0) is 13.8. The number of ether oxygens (including phenoxy) is 1. The van der Waals surface area contributed by atoms with E-state index in [0.717, 1.165) is 6.20 Å². The number of hydrogen-bond acceptors (Lipinski definition) is 5. The first kappa shape index (κ1) is 12.8. The number of carbonyl (C=O) groups is 1. The Morgan fingerprint density at radius 2 is 2.16 bits per heavy atom. The van der Waals surface area contributed by atoms with Gasteiger partial charge in [0.1, 0.15) is 11.5 Å². The van der Waals surface area contributed by atoms with Gasteiger partial charge in [0.05, 0.1) is 24.7 Å². The molecule has 98 valence electrons. The van der Waals surface area contributed by atoms with Crippen molar-refractivity contribution in [3.63, 3.8) is 0 Å². The van der Waals surface area contributed by atoms with Crippen LogP contribution in [0.1, 0.15) is 17.4 Å². The van der Waals surface area contributed by atoms with Crippen LogP contribution in [0.2, 0.25) is 0 Å². The highest BCUT2D eigenvalue weighted by atomic mass is 16.5. The van der Waals surface area contributed by atoms with Gasteiger partial charge in [-0.05, 0) is 19.1 Å². The number of carboxylic acids is 1. The van der Waals surface area contributed by atoms with Crippen LogP contribution in [-0.2, 0) is 0 Å². The normalized spacial score (nSPS) is 10.2. The van der Waals surface area contributed by atoms with Crippen LogP contribution in [0.15, 0.2) is 30.6 Å². The van der Waals surface area contributed by atoms with E-state index >= 15 is 0 Å². The number of nitrogens with zero attached hydrogens (tertiary/aromatic N) is 2. The van der Waals surface area contributed by atoms with Crippen LogP contribution in [0.4, 0.5) is 0 Å². The monoisotopic (exact) mass is 260 g/mol. The highest BCUT2D eigenvalue weighted by Gasteiger charge is 2.11. The van der Waals surface area contributed by atoms with Crippen LogP contribution < -0.4 is 4.74 Å². The topological polar surface area (TPSA) is 92.5 Å². The fraction of sp³-hybridized carbons (Fsp3) is 0.154. The minimum atomic E-state index is -1.17. The van der Waals surface area contributed by atoms with Gasteiger partial charge in [0.2, 0.25) is 0 Å². The quantitative estimate of drug-likeness (QED) is 0.872. The molecule has 0 amide bonds. The number of benzene rings is 1. The van der Waals surface area contributed by atoms with Gasteiger partial charge in [0.25, 0.3) is 0 Å². The van der Waals surface area contributed by atoms with Gasteiger partial charge in [-0.3, -0.25) is 4.98 Å². The SMILES string of the molecule is CCOc1ccc(-c2cncc(C(=O)O)n2)c(O)c1. The molecule has 1 aromatic carbocycles. The van der Waals surface area contributed by atoms with Gasteiger partial charge in [-0.25, -0.2) is 9.78 Å². The van der Waals surface area contributed by atoms with Crippen molar-refractivity contribution >= 4 is 5.97 Å². The lowest BCUT2D eigenvalue weighted by molar-refractivity contribution is 0.0690. The van der Waals surface area contributed by atoms with Crippen LogP contribution >= 0.6 is 0 Å². The fourth-order valence-electron chi connectivity index (χ4n) is 1.58. The third kappa shape index (κ3) is 2.79. The van der Waals surface area contributed by atoms with E-state index in [-0.39, 0.29) is 11.4 Å². The molecule has 0 spiro atoms. The van der Waals surface area contributed by atoms with E-state index in [2.05, 4.69) is 9.97 Å². The van der Waals surface area contributed by atoms with Gasteiger partial charge in [0.15, 0.2) is 5.69 Å². The van der Waals surface area contributed by atoms with E-state index < -0.39 is 5.97 Å². The van der Waals surface area contributed by atoms with Gasteiger partial charge >= 0.3 is 5.97 Å². The molecular weight excluding hydrogens is 248 g/mol. The Morgan fingerprint density at radius 1 is 1.37 bits per heavy atom. The number of aromatic hydroxyl groups is 1. The van der Waals surface area contributed by atoms with E-state index in [4.69, 9.17) is 9.84 Å². The molecule has 0 radical (unpaired) electrons. The average molecular weight is 260 g/mol. The van der Waals surface area contributed by atoms with Crippen molar-refractivity contribution in [3.8, 4) is 22.8 Å². The highest BCUT2D eigenvalue weighted by molar-refractivity contribution is 5.85. The Kier molecular flexibility index (Phi) is 3.61. The van der Waals surface area contributed by atoms with Crippen molar-refractivity contribution in [2.24, 2.45) is 0 Å². The summed E-state index contributed by atoms with van der Waals surface area (Å²) in [6.07, 6.45) is 2.54. The van der Waals surface area contributed by atoms with Crippen LogP contribution in [0, 0.1) is 0 Å². The minimum absolute atomic E-state index is 0.0391. The van der Waals surface area contributed by atoms with E-state index in [0.29, 0.717) is 23.6 Å². The lowest BCUT2D eigenvalue weighted by Gasteiger charge is -2.07. The number of aromatic carboxylic acids is 1. The van der Waals surface area contributed by atoms with Crippen molar-refractivity contribution < 1.29 is 19.7 Å². The van der Waals surface area contributed by atoms with Crippen LogP contribution in [0.25, 0.3) is 11.3 Å². The summed E-state index contributed by atoms with van der Waals surface area (Å²) < 4.78 is 5.25. The number of phenols is 1. The average Bonchev–Trinajstić information content (AvgIpc) is 2.39. The van der Waals surface area contributed by atoms with E-state index in [1.54, 1.807) is 12.1 Å². The van der Waals surface area contributed by atoms with Crippen molar-refractivity contribution in [3.05, 3.63) is 36.3 Å². The Hall–Kier alpha value is -2.63. The van der Waals surface area contributed by atoms with E-state index in [1.807, 2.05) is 6.92 Å².